The summed E-state index contributed by atoms with van der Waals surface area (Å²) in [7, 11) is 0. The van der Waals surface area contributed by atoms with Crippen LogP contribution >= 0.6 is 34.3 Å². The number of esters is 1. The molecule has 0 saturated carbocycles. The number of nitrogens with one attached hydrogen (secondary N) is 4. The number of aromatic nitrogens is 4. The van der Waals surface area contributed by atoms with E-state index in [0.29, 0.717) is 16.7 Å². The van der Waals surface area contributed by atoms with Crippen LogP contribution in [0, 0.1) is 33.1 Å². The summed E-state index contributed by atoms with van der Waals surface area (Å²) in [6.45, 7) is 19.1. The Morgan fingerprint density at radius 2 is 1.42 bits per heavy atom. The van der Waals surface area contributed by atoms with Crippen LogP contribution in [0.2, 0.25) is 5.02 Å². The van der Waals surface area contributed by atoms with E-state index in [2.05, 4.69) is 50.3 Å². The van der Waals surface area contributed by atoms with E-state index in [9.17, 15) is 28.8 Å². The number of likely N-dealkylation sites (tertiary alicyclic amines) is 1. The summed E-state index contributed by atoms with van der Waals surface area (Å²) >= 11 is 9.43. The summed E-state index contributed by atoms with van der Waals surface area (Å²) in [6.07, 6.45) is -1.46. The third kappa shape index (κ3) is 17.9. The second-order valence-corrected chi connectivity index (χ2v) is 24.6. The van der Waals surface area contributed by atoms with Crippen LogP contribution < -0.4 is 21.3 Å². The molecule has 0 radical (unpaired) electrons. The van der Waals surface area contributed by atoms with Gasteiger partial charge in [0.15, 0.2) is 5.82 Å². The van der Waals surface area contributed by atoms with Gasteiger partial charge in [0, 0.05) is 47.1 Å². The van der Waals surface area contributed by atoms with Gasteiger partial charge in [0.2, 0.25) is 23.6 Å². The molecule has 0 unspecified atom stereocenters. The minimum absolute atomic E-state index is 0.000540. The van der Waals surface area contributed by atoms with Gasteiger partial charge in [-0.3, -0.25) is 28.7 Å². The average molecular weight is 1200 g/mol. The van der Waals surface area contributed by atoms with E-state index in [0.717, 1.165) is 54.0 Å². The molecule has 4 N–H and O–H groups in total. The van der Waals surface area contributed by atoms with E-state index in [1.807, 2.05) is 66.9 Å². The maximum atomic E-state index is 14.5. The number of hydrogen-bond donors (Lipinski definition) is 4. The highest BCUT2D eigenvalue weighted by molar-refractivity contribution is 7.15. The molecule has 3 aromatic heterocycles. The zero-order valence-corrected chi connectivity index (χ0v) is 51.1. The van der Waals surface area contributed by atoms with Gasteiger partial charge in [-0.25, -0.2) is 14.6 Å². The zero-order chi connectivity index (χ0) is 60.0. The van der Waals surface area contributed by atoms with Crippen molar-refractivity contribution >= 4 is 75.7 Å². The number of ether oxygens (including phenoxy) is 6. The van der Waals surface area contributed by atoms with E-state index >= 15 is 0 Å². The minimum Gasteiger partial charge on any atom is -0.459 e. The van der Waals surface area contributed by atoms with Crippen LogP contribution in [0.5, 0.6) is 0 Å². The Balaban J connectivity index is 0.842. The fourth-order valence-electron chi connectivity index (χ4n) is 9.21. The second-order valence-electron chi connectivity index (χ2n) is 22.1. The van der Waals surface area contributed by atoms with Gasteiger partial charge in [-0.15, -0.1) is 32.9 Å². The lowest BCUT2D eigenvalue weighted by Gasteiger charge is -2.35. The van der Waals surface area contributed by atoms with Crippen LogP contribution in [0.3, 0.4) is 0 Å². The topological polar surface area (TPSA) is 265 Å². The molecule has 2 aliphatic rings. The van der Waals surface area contributed by atoms with Gasteiger partial charge >= 0.3 is 12.1 Å². The Morgan fingerprint density at radius 3 is 2.10 bits per heavy atom. The van der Waals surface area contributed by atoms with Crippen LogP contribution in [0.1, 0.15) is 105 Å². The molecule has 1 saturated heterocycles. The van der Waals surface area contributed by atoms with E-state index in [1.165, 1.54) is 4.90 Å². The van der Waals surface area contributed by atoms with Gasteiger partial charge in [0.1, 0.15) is 53.9 Å². The van der Waals surface area contributed by atoms with Gasteiger partial charge in [-0.1, -0.05) is 68.8 Å². The minimum atomic E-state index is -1.10. The maximum absolute atomic E-state index is 14.5. The van der Waals surface area contributed by atoms with Crippen LogP contribution in [-0.2, 0) is 58.9 Å². The van der Waals surface area contributed by atoms with Crippen molar-refractivity contribution < 1.29 is 57.2 Å². The molecule has 2 aromatic carbocycles. The fraction of sp³-hybridized carbons (Fsp3) is 0.517. The number of benzene rings is 2. The molecular formula is C58H75ClN10O12S2. The van der Waals surface area contributed by atoms with Crippen molar-refractivity contribution in [2.75, 3.05) is 72.5 Å². The predicted octanol–water partition coefficient (Wildman–Crippen LogP) is 6.69. The highest BCUT2D eigenvalue weighted by Gasteiger charge is 2.46. The van der Waals surface area contributed by atoms with Crippen molar-refractivity contribution in [3.05, 3.63) is 104 Å². The number of thiophene rings is 1. The number of thiazole rings is 1. The van der Waals surface area contributed by atoms with Gasteiger partial charge < -0.3 is 54.6 Å². The van der Waals surface area contributed by atoms with Crippen LogP contribution in [0.15, 0.2) is 59.0 Å². The first kappa shape index (κ1) is 63.9. The summed E-state index contributed by atoms with van der Waals surface area (Å²) in [5.74, 6) is -1.22. The lowest BCUT2D eigenvalue weighted by Crippen LogP contribution is -2.58. The smallest absolute Gasteiger partial charge is 0.407 e. The first-order valence-electron chi connectivity index (χ1n) is 27.4. The zero-order valence-electron chi connectivity index (χ0n) is 48.7. The molecule has 4 atom stereocenters. The van der Waals surface area contributed by atoms with E-state index in [1.54, 1.807) is 69.7 Å². The first-order chi connectivity index (χ1) is 39.5. The summed E-state index contributed by atoms with van der Waals surface area (Å²) in [5, 5.41) is 21.6. The molecule has 0 bridgehead atoms. The third-order valence-electron chi connectivity index (χ3n) is 13.4. The number of amides is 5. The lowest BCUT2D eigenvalue weighted by atomic mass is 9.85. The number of rotatable bonds is 26. The van der Waals surface area contributed by atoms with Gasteiger partial charge in [0.25, 0.3) is 0 Å². The normalized spacial score (nSPS) is 16.3. The molecule has 25 heteroatoms. The number of aliphatic imine (C=N–C) groups is 1. The van der Waals surface area contributed by atoms with Crippen molar-refractivity contribution in [1.29, 1.82) is 0 Å². The van der Waals surface area contributed by atoms with Crippen LogP contribution in [-0.4, -0.2) is 162 Å². The molecule has 5 heterocycles. The molecule has 1 fully saturated rings. The second kappa shape index (κ2) is 29.2. The first-order valence-corrected chi connectivity index (χ1v) is 29.5. The average Bonchev–Trinajstić information content (AvgIpc) is 2.15. The SMILES string of the molecule is Cc1ncsc1-c1ccc(CNC(=O)[C@@H]2C[C@@H](OC(=O)COCCNC(=O)OC(C)(C)C)CN2C(=O)[C@@H](NC(=O)COCCOCCOCCNC(=O)C[C@@H]2N=C(c3ccc(Cl)cc3)c3c(sc(C)c3C)-n3c(C)nnc32)C(C)(C)C)cc1. The Hall–Kier alpha value is -6.67. The summed E-state index contributed by atoms with van der Waals surface area (Å²) < 4.78 is 35.3. The number of aryl methyl sites for hydroxylation is 3. The van der Waals surface area contributed by atoms with Crippen molar-refractivity contribution in [3.63, 3.8) is 0 Å². The third-order valence-corrected chi connectivity index (χ3v) is 15.8. The highest BCUT2D eigenvalue weighted by Crippen LogP contribution is 2.40. The number of nitrogens with zero attached hydrogens (tertiary/aromatic N) is 6. The Labute approximate surface area is 496 Å². The van der Waals surface area contributed by atoms with Crippen molar-refractivity contribution in [2.24, 2.45) is 10.4 Å². The van der Waals surface area contributed by atoms with Gasteiger partial charge in [-0.05, 0) is 82.7 Å². The molecule has 83 heavy (non-hydrogen) atoms. The van der Waals surface area contributed by atoms with Crippen molar-refractivity contribution in [3.8, 4) is 15.4 Å². The molecule has 7 rings (SSSR count). The van der Waals surface area contributed by atoms with E-state index in [-0.39, 0.29) is 91.2 Å². The summed E-state index contributed by atoms with van der Waals surface area (Å²) in [5.41, 5.74) is 6.77. The van der Waals surface area contributed by atoms with Crippen LogP contribution in [0.4, 0.5) is 4.79 Å². The fourth-order valence-corrected chi connectivity index (χ4v) is 11.4. The quantitative estimate of drug-likeness (QED) is 0.0332. The number of halogens is 1. The molecule has 448 valence electrons. The Kier molecular flexibility index (Phi) is 22.5. The molecule has 5 aromatic rings. The van der Waals surface area contributed by atoms with Crippen molar-refractivity contribution in [1.82, 2.24) is 45.9 Å². The molecule has 5 amide bonds. The number of carbonyl (C=O) groups excluding carboxylic acids is 6. The maximum Gasteiger partial charge on any atom is 0.407 e. The van der Waals surface area contributed by atoms with Gasteiger partial charge in [-0.2, -0.15) is 0 Å². The largest absolute Gasteiger partial charge is 0.459 e. The number of hydrogen-bond acceptors (Lipinski definition) is 18. The molecule has 0 aliphatic carbocycles. The van der Waals surface area contributed by atoms with Crippen molar-refractivity contribution in [2.45, 2.75) is 118 Å². The number of fused-ring (bicyclic) bond motifs is 3. The molecule has 22 nitrogen and oxygen atoms in total. The van der Waals surface area contributed by atoms with E-state index in [4.69, 9.17) is 45.0 Å². The molecular weight excluding hydrogens is 1130 g/mol. The molecule has 0 spiro atoms. The Morgan fingerprint density at radius 1 is 0.771 bits per heavy atom. The standard InChI is InChI=1S/C58H75ClN10O12S2/c1-34-36(3)83-55-48(34)49(39-15-17-41(59)18-16-39)64-43(52-67-66-37(4)69(52)55)28-45(70)60-19-21-76-23-24-77-25-26-79-31-46(71)65-51(57(5,6)7)54(74)68-30-42(80-47(72)32-78-22-20-61-56(75)81-58(8,9)10)27-44(68)53(73)62-29-38-11-13-40(14-12-38)50-35(2)63-33-82-50/h11-18,33,42-44,51H,19-32H2,1-10H3,(H,60,70)(H,61,75)(H,62,73)(H,65,71)/t42-,43+,44+,51-/m1/s1. The number of alkyl carbamates (subject to hydrolysis) is 1. The highest BCUT2D eigenvalue weighted by atomic mass is 35.5. The van der Waals surface area contributed by atoms with E-state index < -0.39 is 71.6 Å². The Bertz CT molecular complexity index is 3090. The van der Waals surface area contributed by atoms with Crippen LogP contribution in [0.25, 0.3) is 15.4 Å². The monoisotopic (exact) mass is 1200 g/mol. The van der Waals surface area contributed by atoms with Gasteiger partial charge in [0.05, 0.1) is 74.4 Å². The lowest BCUT2D eigenvalue weighted by molar-refractivity contribution is -0.154. The predicted molar refractivity (Wildman–Crippen MR) is 314 cm³/mol. The molecule has 2 aliphatic heterocycles. The summed E-state index contributed by atoms with van der Waals surface area (Å²) in [4.78, 5) is 93.2. The number of carbonyl (C=O) groups is 6. The summed E-state index contributed by atoms with van der Waals surface area (Å²) in [6, 6.07) is 12.5.